The van der Waals surface area contributed by atoms with Crippen molar-refractivity contribution < 1.29 is 28.5 Å². The van der Waals surface area contributed by atoms with Gasteiger partial charge in [0.2, 0.25) is 6.79 Å². The van der Waals surface area contributed by atoms with Gasteiger partial charge in [-0.25, -0.2) is 0 Å². The summed E-state index contributed by atoms with van der Waals surface area (Å²) in [6, 6.07) is 4.11. The van der Waals surface area contributed by atoms with Crippen LogP contribution >= 0.6 is 12.6 Å². The third-order valence-electron chi connectivity index (χ3n) is 7.38. The van der Waals surface area contributed by atoms with E-state index >= 15 is 0 Å². The van der Waals surface area contributed by atoms with E-state index in [4.69, 9.17) is 36.3 Å². The van der Waals surface area contributed by atoms with Crippen LogP contribution in [-0.4, -0.2) is 59.5 Å². The van der Waals surface area contributed by atoms with Gasteiger partial charge in [0.05, 0.1) is 11.0 Å². The van der Waals surface area contributed by atoms with Gasteiger partial charge < -0.3 is 23.7 Å². The number of carbonyl (C=O) groups excluding carboxylic acids is 1. The highest BCUT2D eigenvalue weighted by atomic mass is 32.1. The molecule has 33 heavy (non-hydrogen) atoms. The van der Waals surface area contributed by atoms with Gasteiger partial charge in [0.25, 0.3) is 0 Å². The fourth-order valence-corrected chi connectivity index (χ4v) is 6.50. The first-order valence-corrected chi connectivity index (χ1v) is 12.2. The summed E-state index contributed by atoms with van der Waals surface area (Å²) in [5, 5.41) is 0.182. The van der Waals surface area contributed by atoms with E-state index in [-0.39, 0.29) is 24.1 Å². The molecule has 0 unspecified atom stereocenters. The van der Waals surface area contributed by atoms with Gasteiger partial charge in [0.15, 0.2) is 17.3 Å². The fraction of sp³-hybridized carbons (Fsp3) is 0.640. The van der Waals surface area contributed by atoms with Crippen LogP contribution in [0.2, 0.25) is 0 Å². The molecule has 7 nitrogen and oxygen atoms in total. The fourth-order valence-electron chi connectivity index (χ4n) is 6.02. The Kier molecular flexibility index (Phi) is 4.55. The van der Waals surface area contributed by atoms with Crippen LogP contribution < -0.4 is 9.47 Å². The van der Waals surface area contributed by atoms with E-state index in [9.17, 15) is 4.79 Å². The maximum Gasteiger partial charge on any atom is 0.316 e. The van der Waals surface area contributed by atoms with Gasteiger partial charge in [-0.3, -0.25) is 9.69 Å². The zero-order valence-electron chi connectivity index (χ0n) is 19.8. The lowest BCUT2D eigenvalue weighted by molar-refractivity contribution is -0.162. The van der Waals surface area contributed by atoms with Crippen molar-refractivity contribution in [2.45, 2.75) is 76.2 Å². The molecule has 1 spiro atoms. The Labute approximate surface area is 199 Å². The molecule has 0 saturated carbocycles. The van der Waals surface area contributed by atoms with Gasteiger partial charge in [0, 0.05) is 23.9 Å². The number of hydrogen-bond acceptors (Lipinski definition) is 8. The minimum atomic E-state index is -0.778. The molecule has 1 aliphatic carbocycles. The minimum absolute atomic E-state index is 0.182. The lowest BCUT2D eigenvalue weighted by Gasteiger charge is -2.40. The molecule has 0 amide bonds. The van der Waals surface area contributed by atoms with Crippen LogP contribution in [0.1, 0.15) is 52.2 Å². The van der Waals surface area contributed by atoms with E-state index in [2.05, 4.69) is 11.0 Å². The van der Waals surface area contributed by atoms with E-state index in [1.165, 1.54) is 0 Å². The molecule has 8 heteroatoms. The van der Waals surface area contributed by atoms with Crippen LogP contribution in [-0.2, 0) is 25.4 Å². The molecule has 4 heterocycles. The van der Waals surface area contributed by atoms with E-state index in [1.807, 2.05) is 40.7 Å². The third kappa shape index (κ3) is 3.10. The van der Waals surface area contributed by atoms with E-state index in [0.29, 0.717) is 11.5 Å². The molecule has 4 atom stereocenters. The normalized spacial score (nSPS) is 33.9. The number of rotatable bonds is 1. The predicted octanol–water partition coefficient (Wildman–Crippen LogP) is 3.55. The first-order chi connectivity index (χ1) is 15.5. The van der Waals surface area contributed by atoms with E-state index in [1.54, 1.807) is 0 Å². The number of nitrogens with zero attached hydrogens (tertiary/aromatic N) is 1. The zero-order valence-corrected chi connectivity index (χ0v) is 20.7. The monoisotopic (exact) mass is 473 g/mol. The zero-order chi connectivity index (χ0) is 23.3. The van der Waals surface area contributed by atoms with Crippen LogP contribution in [0, 0.1) is 5.41 Å². The van der Waals surface area contributed by atoms with Crippen LogP contribution in [0.15, 0.2) is 17.9 Å². The Bertz CT molecular complexity index is 1080. The Morgan fingerprint density at radius 2 is 1.91 bits per heavy atom. The van der Waals surface area contributed by atoms with Gasteiger partial charge >= 0.3 is 5.97 Å². The lowest BCUT2D eigenvalue weighted by Crippen LogP contribution is -2.53. The van der Waals surface area contributed by atoms with Crippen molar-refractivity contribution in [2.24, 2.45) is 5.41 Å². The van der Waals surface area contributed by atoms with E-state index < -0.39 is 22.8 Å². The molecule has 4 aliphatic heterocycles. The Balaban J connectivity index is 1.61. The summed E-state index contributed by atoms with van der Waals surface area (Å²) in [7, 11) is 0. The standard InChI is InChI=1S/C25H31NO6S/c1-23(2,3)22(27)30-19-18-15-9-17-16(28-12-29-17)8-13(15)6-7-26-11-14(33)10-25(18,26)21-20(19)31-24(4,5)32-21/h8-9,14,20-21,33H,6-7,10-12H2,1-5H3/t14-,20-,21-,25-/m1/s1. The number of carbonyl (C=O) groups is 1. The van der Waals surface area contributed by atoms with Gasteiger partial charge in [0.1, 0.15) is 18.0 Å². The lowest BCUT2D eigenvalue weighted by atomic mass is 9.81. The first-order valence-electron chi connectivity index (χ1n) is 11.7. The molecule has 178 valence electrons. The van der Waals surface area contributed by atoms with Crippen molar-refractivity contribution in [3.8, 4) is 11.5 Å². The van der Waals surface area contributed by atoms with Gasteiger partial charge in [-0.2, -0.15) is 12.6 Å². The summed E-state index contributed by atoms with van der Waals surface area (Å²) in [6.07, 6.45) is 0.869. The topological polar surface area (TPSA) is 66.5 Å². The van der Waals surface area contributed by atoms with Crippen molar-refractivity contribution in [3.05, 3.63) is 29.0 Å². The average molecular weight is 474 g/mol. The summed E-state index contributed by atoms with van der Waals surface area (Å²) >= 11 is 4.90. The molecular formula is C25H31NO6S. The molecule has 1 aromatic carbocycles. The quantitative estimate of drug-likeness (QED) is 0.494. The largest absolute Gasteiger partial charge is 0.454 e. The highest BCUT2D eigenvalue weighted by Gasteiger charge is 2.68. The van der Waals surface area contributed by atoms with E-state index in [0.717, 1.165) is 48.4 Å². The van der Waals surface area contributed by atoms with Gasteiger partial charge in [-0.05, 0) is 70.7 Å². The second-order valence-electron chi connectivity index (χ2n) is 11.2. The molecule has 1 aromatic rings. The maximum atomic E-state index is 13.2. The predicted molar refractivity (Wildman–Crippen MR) is 124 cm³/mol. The Hall–Kier alpha value is -1.74. The third-order valence-corrected chi connectivity index (χ3v) is 7.73. The van der Waals surface area contributed by atoms with Crippen molar-refractivity contribution in [1.82, 2.24) is 4.90 Å². The molecular weight excluding hydrogens is 442 g/mol. The number of fused-ring (bicyclic) bond motifs is 4. The smallest absolute Gasteiger partial charge is 0.316 e. The summed E-state index contributed by atoms with van der Waals surface area (Å²) in [6.45, 7) is 11.3. The number of esters is 1. The van der Waals surface area contributed by atoms with Crippen molar-refractivity contribution >= 4 is 24.2 Å². The number of benzene rings is 1. The number of hydrogen-bond donors (Lipinski definition) is 1. The summed E-state index contributed by atoms with van der Waals surface area (Å²) in [5.41, 5.74) is 2.02. The molecule has 0 radical (unpaired) electrons. The highest BCUT2D eigenvalue weighted by Crippen LogP contribution is 2.60. The highest BCUT2D eigenvalue weighted by molar-refractivity contribution is 7.81. The van der Waals surface area contributed by atoms with Crippen molar-refractivity contribution in [3.63, 3.8) is 0 Å². The second-order valence-corrected chi connectivity index (χ2v) is 11.9. The molecule has 2 fully saturated rings. The summed E-state index contributed by atoms with van der Waals surface area (Å²) in [4.78, 5) is 15.6. The van der Waals surface area contributed by atoms with Crippen LogP contribution in [0.4, 0.5) is 0 Å². The molecule has 0 aromatic heterocycles. The average Bonchev–Trinajstić information content (AvgIpc) is 3.41. The summed E-state index contributed by atoms with van der Waals surface area (Å²) < 4.78 is 30.6. The van der Waals surface area contributed by atoms with Crippen molar-refractivity contribution in [1.29, 1.82) is 0 Å². The first kappa shape index (κ1) is 21.8. The van der Waals surface area contributed by atoms with Gasteiger partial charge in [-0.1, -0.05) is 0 Å². The summed E-state index contributed by atoms with van der Waals surface area (Å²) in [5.74, 6) is 0.982. The molecule has 0 bridgehead atoms. The molecule has 6 rings (SSSR count). The Morgan fingerprint density at radius 3 is 2.64 bits per heavy atom. The number of ether oxygens (including phenoxy) is 5. The minimum Gasteiger partial charge on any atom is -0.454 e. The molecule has 2 saturated heterocycles. The molecule has 0 N–H and O–H groups in total. The van der Waals surface area contributed by atoms with Gasteiger partial charge in [-0.15, -0.1) is 0 Å². The van der Waals surface area contributed by atoms with Crippen LogP contribution in [0.5, 0.6) is 11.5 Å². The van der Waals surface area contributed by atoms with Crippen molar-refractivity contribution in [2.75, 3.05) is 19.9 Å². The second kappa shape index (κ2) is 6.90. The Morgan fingerprint density at radius 1 is 1.18 bits per heavy atom. The molecule has 5 aliphatic rings. The van der Waals surface area contributed by atoms with Crippen LogP contribution in [0.25, 0.3) is 5.57 Å². The maximum absolute atomic E-state index is 13.2. The van der Waals surface area contributed by atoms with Crippen LogP contribution in [0.3, 0.4) is 0 Å². The SMILES string of the molecule is CC1(C)O[C@@H]2C(OC(=O)C(C)(C)C)=C3c4cc5c(cc4CCN4C[C@H](S)C[C@]34[C@@H]2O1)OCO5. The number of thiol groups is 1.